The number of nitrogens with zero attached hydrogens (tertiary/aromatic N) is 5. The van der Waals surface area contributed by atoms with Crippen LogP contribution in [0.1, 0.15) is 23.9 Å². The molecular weight excluding hydrogens is 459 g/mol. The van der Waals surface area contributed by atoms with Crippen LogP contribution in [0.15, 0.2) is 42.6 Å². The fourth-order valence-corrected chi connectivity index (χ4v) is 3.23. The third-order valence-electron chi connectivity index (χ3n) is 4.75. The number of alkyl carbamates (subject to hydrolysis) is 1. The van der Waals surface area contributed by atoms with Gasteiger partial charge in [-0.25, -0.2) is 28.7 Å². The summed E-state index contributed by atoms with van der Waals surface area (Å²) in [6.45, 7) is 1.70. The average Bonchev–Trinajstić information content (AvgIpc) is 3.19. The molecule has 0 saturated heterocycles. The summed E-state index contributed by atoms with van der Waals surface area (Å²) in [7, 11) is 0. The van der Waals surface area contributed by atoms with Gasteiger partial charge < -0.3 is 26.6 Å². The number of fused-ring (bicyclic) bond motifs is 1. The van der Waals surface area contributed by atoms with Crippen molar-refractivity contribution in [3.05, 3.63) is 65.4 Å². The smallest absolute Gasteiger partial charge is 0.407 e. The maximum absolute atomic E-state index is 14.2. The van der Waals surface area contributed by atoms with Crippen molar-refractivity contribution in [3.8, 4) is 11.5 Å². The molecule has 0 aliphatic heterocycles. The number of carboxylic acid groups (broad SMARTS) is 1. The number of ether oxygens (including phenoxy) is 1. The van der Waals surface area contributed by atoms with Gasteiger partial charge in [-0.15, -0.1) is 0 Å². The highest BCUT2D eigenvalue weighted by molar-refractivity contribution is 5.75. The maximum atomic E-state index is 14.2. The molecule has 0 atom stereocenters. The van der Waals surface area contributed by atoms with Gasteiger partial charge in [-0.3, -0.25) is 4.79 Å². The Labute approximate surface area is 198 Å². The van der Waals surface area contributed by atoms with Gasteiger partial charge in [0.2, 0.25) is 0 Å². The average molecular weight is 482 g/mol. The summed E-state index contributed by atoms with van der Waals surface area (Å²) in [5, 5.41) is 13.8. The molecule has 6 N–H and O–H groups in total. The van der Waals surface area contributed by atoms with E-state index in [9.17, 15) is 9.18 Å². The van der Waals surface area contributed by atoms with Gasteiger partial charge in [0.25, 0.3) is 6.47 Å². The molecule has 0 bridgehead atoms. The lowest BCUT2D eigenvalue weighted by Crippen LogP contribution is -2.25. The van der Waals surface area contributed by atoms with Crippen LogP contribution in [-0.2, 0) is 22.5 Å². The number of nitrogen functional groups attached to an aromatic ring is 2. The van der Waals surface area contributed by atoms with Gasteiger partial charge in [-0.05, 0) is 30.7 Å². The van der Waals surface area contributed by atoms with Crippen LogP contribution in [0.25, 0.3) is 17.0 Å². The zero-order valence-corrected chi connectivity index (χ0v) is 18.7. The molecule has 13 heteroatoms. The van der Waals surface area contributed by atoms with Crippen LogP contribution in [0.2, 0.25) is 0 Å². The number of halogens is 1. The summed E-state index contributed by atoms with van der Waals surface area (Å²) in [4.78, 5) is 33.2. The van der Waals surface area contributed by atoms with Gasteiger partial charge in [0.1, 0.15) is 29.0 Å². The third kappa shape index (κ3) is 5.76. The monoisotopic (exact) mass is 482 g/mol. The van der Waals surface area contributed by atoms with E-state index in [0.717, 1.165) is 0 Å². The molecule has 4 rings (SSSR count). The van der Waals surface area contributed by atoms with E-state index in [4.69, 9.17) is 26.1 Å². The van der Waals surface area contributed by atoms with Crippen LogP contribution >= 0.6 is 0 Å². The zero-order chi connectivity index (χ0) is 25.4. The number of hydrogen-bond donors (Lipinski definition) is 4. The Balaban J connectivity index is 0.00000108. The van der Waals surface area contributed by atoms with E-state index < -0.39 is 6.09 Å². The second-order valence-corrected chi connectivity index (χ2v) is 6.94. The molecule has 12 nitrogen and oxygen atoms in total. The van der Waals surface area contributed by atoms with Crippen molar-refractivity contribution in [2.75, 3.05) is 18.1 Å². The number of hydrogen-bond acceptors (Lipinski definition) is 9. The van der Waals surface area contributed by atoms with Crippen molar-refractivity contribution in [3.63, 3.8) is 0 Å². The lowest BCUT2D eigenvalue weighted by atomic mass is 10.1. The van der Waals surface area contributed by atoms with Gasteiger partial charge in [0, 0.05) is 12.6 Å². The number of rotatable bonds is 6. The first-order valence-corrected chi connectivity index (χ1v) is 10.4. The number of nitrogens with one attached hydrogen (secondary N) is 1. The summed E-state index contributed by atoms with van der Waals surface area (Å²) in [6.07, 6.45) is 1.23. The minimum absolute atomic E-state index is 0.0147. The summed E-state index contributed by atoms with van der Waals surface area (Å²) < 4.78 is 20.6. The number of imidazole rings is 1. The first-order chi connectivity index (χ1) is 16.9. The Bertz CT molecular complexity index is 1320. The van der Waals surface area contributed by atoms with E-state index in [2.05, 4.69) is 25.4 Å². The van der Waals surface area contributed by atoms with E-state index in [-0.39, 0.29) is 49.3 Å². The molecule has 3 aromatic heterocycles. The van der Waals surface area contributed by atoms with Crippen LogP contribution in [0.3, 0.4) is 0 Å². The van der Waals surface area contributed by atoms with Crippen molar-refractivity contribution in [1.29, 1.82) is 0 Å². The van der Waals surface area contributed by atoms with Crippen LogP contribution in [-0.4, -0.2) is 48.8 Å². The standard InChI is InChI=1S/C21H21FN8O2.CH2O2/c1-2-32-21(31)25-11-13-18(23)28-20(29-19(13)24)17-15-8-5-9-26-30(15)16(27-17)10-12-6-3-4-7-14(12)22;2-1-3/h3-9H,2,10-11H2,1H3,(H,25,31)(H4,23,24,28,29);1H,(H,2,3). The number of amides is 1. The topological polar surface area (TPSA) is 184 Å². The fraction of sp³-hybridized carbons (Fsp3) is 0.182. The van der Waals surface area contributed by atoms with Gasteiger partial charge in [-0.2, -0.15) is 5.10 Å². The predicted octanol–water partition coefficient (Wildman–Crippen LogP) is 2.03. The van der Waals surface area contributed by atoms with Crippen LogP contribution in [0, 0.1) is 5.82 Å². The van der Waals surface area contributed by atoms with E-state index in [1.165, 1.54) is 6.07 Å². The molecule has 35 heavy (non-hydrogen) atoms. The second-order valence-electron chi connectivity index (χ2n) is 6.94. The molecule has 1 amide bonds. The minimum Gasteiger partial charge on any atom is -0.483 e. The SMILES string of the molecule is CCOC(=O)NCc1c(N)nc(-c2nc(Cc3ccccc3F)n3ncccc23)nc1N.O=CO. The first-order valence-electron chi connectivity index (χ1n) is 10.4. The fourth-order valence-electron chi connectivity index (χ4n) is 3.23. The molecule has 0 spiro atoms. The second kappa shape index (κ2) is 11.4. The maximum Gasteiger partial charge on any atom is 0.407 e. The van der Waals surface area contributed by atoms with E-state index in [0.29, 0.717) is 28.2 Å². The van der Waals surface area contributed by atoms with Crippen LogP contribution in [0.4, 0.5) is 20.8 Å². The largest absolute Gasteiger partial charge is 0.483 e. The van der Waals surface area contributed by atoms with Gasteiger partial charge >= 0.3 is 6.09 Å². The first kappa shape index (κ1) is 24.8. The van der Waals surface area contributed by atoms with Crippen molar-refractivity contribution in [1.82, 2.24) is 29.9 Å². The zero-order valence-electron chi connectivity index (χ0n) is 18.7. The Morgan fingerprint density at radius 1 is 1.17 bits per heavy atom. The number of benzene rings is 1. The summed E-state index contributed by atoms with van der Waals surface area (Å²) in [5.74, 6) is 0.583. The molecule has 0 fully saturated rings. The van der Waals surface area contributed by atoms with Crippen molar-refractivity contribution < 1.29 is 23.8 Å². The van der Waals surface area contributed by atoms with Crippen LogP contribution in [0.5, 0.6) is 0 Å². The lowest BCUT2D eigenvalue weighted by Gasteiger charge is -2.10. The van der Waals surface area contributed by atoms with Gasteiger partial charge in [0.15, 0.2) is 5.82 Å². The van der Waals surface area contributed by atoms with Gasteiger partial charge in [0.05, 0.1) is 24.2 Å². The lowest BCUT2D eigenvalue weighted by molar-refractivity contribution is -0.122. The molecule has 0 aliphatic carbocycles. The molecule has 0 radical (unpaired) electrons. The highest BCUT2D eigenvalue weighted by Crippen LogP contribution is 2.26. The molecular formula is C22H23FN8O4. The number of nitrogens with two attached hydrogens (primary N) is 2. The summed E-state index contributed by atoms with van der Waals surface area (Å²) >= 11 is 0. The Morgan fingerprint density at radius 3 is 2.51 bits per heavy atom. The van der Waals surface area contributed by atoms with Crippen LogP contribution < -0.4 is 16.8 Å². The molecule has 3 heterocycles. The number of carbonyl (C=O) groups excluding carboxylic acids is 1. The number of aromatic nitrogens is 5. The molecule has 182 valence electrons. The number of anilines is 2. The van der Waals surface area contributed by atoms with Crippen molar-refractivity contribution in [2.24, 2.45) is 0 Å². The minimum atomic E-state index is -0.598. The molecule has 0 unspecified atom stereocenters. The predicted molar refractivity (Wildman–Crippen MR) is 125 cm³/mol. The highest BCUT2D eigenvalue weighted by atomic mass is 19.1. The Hall–Kier alpha value is -4.81. The number of carbonyl (C=O) groups is 2. The van der Waals surface area contributed by atoms with E-state index >= 15 is 0 Å². The summed E-state index contributed by atoms with van der Waals surface area (Å²) in [6, 6.07) is 10.0. The Kier molecular flexibility index (Phi) is 8.06. The van der Waals surface area contributed by atoms with Crippen molar-refractivity contribution >= 4 is 29.7 Å². The quantitative estimate of drug-likeness (QED) is 0.296. The van der Waals surface area contributed by atoms with Gasteiger partial charge in [-0.1, -0.05) is 18.2 Å². The van der Waals surface area contributed by atoms with E-state index in [1.807, 2.05) is 0 Å². The molecule has 0 saturated carbocycles. The summed E-state index contributed by atoms with van der Waals surface area (Å²) in [5.41, 5.74) is 14.1. The molecule has 4 aromatic rings. The normalized spacial score (nSPS) is 10.3. The van der Waals surface area contributed by atoms with Crippen molar-refractivity contribution in [2.45, 2.75) is 19.9 Å². The Morgan fingerprint density at radius 2 is 1.86 bits per heavy atom. The third-order valence-corrected chi connectivity index (χ3v) is 4.75. The van der Waals surface area contributed by atoms with E-state index in [1.54, 1.807) is 48.0 Å². The molecule has 1 aromatic carbocycles. The highest BCUT2D eigenvalue weighted by Gasteiger charge is 2.20. The molecule has 0 aliphatic rings.